The number of thioether (sulfide) groups is 1. The second kappa shape index (κ2) is 6.63. The van der Waals surface area contributed by atoms with Crippen molar-refractivity contribution in [2.45, 2.75) is 6.42 Å². The molecule has 84 valence electrons. The molecule has 4 nitrogen and oxygen atoms in total. The molecular weight excluding hydrogens is 208 g/mol. The first-order valence-electron chi connectivity index (χ1n) is 4.99. The molecule has 0 aromatic carbocycles. The van der Waals surface area contributed by atoms with Gasteiger partial charge in [0.25, 0.3) is 0 Å². The Hall–Kier alpha value is -0.810. The van der Waals surface area contributed by atoms with Gasteiger partial charge >= 0.3 is 0 Å². The maximum atomic E-state index is 5.46. The first kappa shape index (κ1) is 12.3. The average Bonchev–Trinajstić information content (AvgIpc) is 2.27. The Balaban J connectivity index is 2.54. The van der Waals surface area contributed by atoms with Crippen LogP contribution in [-0.2, 0) is 6.42 Å². The van der Waals surface area contributed by atoms with E-state index < -0.39 is 0 Å². The van der Waals surface area contributed by atoms with E-state index in [1.54, 1.807) is 0 Å². The van der Waals surface area contributed by atoms with Gasteiger partial charge in [0.1, 0.15) is 0 Å². The van der Waals surface area contributed by atoms with Gasteiger partial charge in [0.2, 0.25) is 5.95 Å². The quantitative estimate of drug-likeness (QED) is 0.777. The molecule has 0 spiro atoms. The molecule has 1 aromatic heterocycles. The summed E-state index contributed by atoms with van der Waals surface area (Å²) in [6.45, 7) is 1.61. The van der Waals surface area contributed by atoms with Gasteiger partial charge in [-0.05, 0) is 24.8 Å². The Bertz CT molecular complexity index is 275. The summed E-state index contributed by atoms with van der Waals surface area (Å²) in [5.41, 5.74) is 6.55. The highest BCUT2D eigenvalue weighted by atomic mass is 32.2. The van der Waals surface area contributed by atoms with Gasteiger partial charge in [-0.25, -0.2) is 9.97 Å². The van der Waals surface area contributed by atoms with Crippen molar-refractivity contribution in [1.82, 2.24) is 9.97 Å². The minimum Gasteiger partial charge on any atom is -0.343 e. The van der Waals surface area contributed by atoms with E-state index >= 15 is 0 Å². The van der Waals surface area contributed by atoms with Crippen molar-refractivity contribution in [1.29, 1.82) is 0 Å². The summed E-state index contributed by atoms with van der Waals surface area (Å²) in [4.78, 5) is 10.7. The van der Waals surface area contributed by atoms with E-state index in [4.69, 9.17) is 5.73 Å². The van der Waals surface area contributed by atoms with Gasteiger partial charge in [-0.2, -0.15) is 11.8 Å². The SMILES string of the molecule is CSCCN(C)c1ncc(CCN)cn1. The first-order chi connectivity index (χ1) is 7.27. The zero-order chi connectivity index (χ0) is 11.1. The summed E-state index contributed by atoms with van der Waals surface area (Å²) < 4.78 is 0. The lowest BCUT2D eigenvalue weighted by atomic mass is 10.2. The second-order valence-electron chi connectivity index (χ2n) is 3.34. The van der Waals surface area contributed by atoms with Crippen LogP contribution in [0, 0.1) is 0 Å². The Morgan fingerprint density at radius 3 is 2.60 bits per heavy atom. The summed E-state index contributed by atoms with van der Waals surface area (Å²) in [6, 6.07) is 0. The highest BCUT2D eigenvalue weighted by Crippen LogP contribution is 2.06. The average molecular weight is 226 g/mol. The molecule has 0 atom stereocenters. The van der Waals surface area contributed by atoms with E-state index in [-0.39, 0.29) is 0 Å². The molecular formula is C10H18N4S. The topological polar surface area (TPSA) is 55.0 Å². The molecule has 0 bridgehead atoms. The fraction of sp³-hybridized carbons (Fsp3) is 0.600. The largest absolute Gasteiger partial charge is 0.343 e. The maximum absolute atomic E-state index is 5.46. The molecule has 0 saturated heterocycles. The molecule has 0 aliphatic heterocycles. The van der Waals surface area contributed by atoms with Gasteiger partial charge in [0.15, 0.2) is 0 Å². The molecule has 1 aromatic rings. The van der Waals surface area contributed by atoms with Crippen LogP contribution < -0.4 is 10.6 Å². The highest BCUT2D eigenvalue weighted by Gasteiger charge is 2.02. The number of hydrogen-bond donors (Lipinski definition) is 1. The highest BCUT2D eigenvalue weighted by molar-refractivity contribution is 7.98. The number of aromatic nitrogens is 2. The maximum Gasteiger partial charge on any atom is 0.225 e. The zero-order valence-electron chi connectivity index (χ0n) is 9.31. The predicted molar refractivity (Wildman–Crippen MR) is 66.4 cm³/mol. The van der Waals surface area contributed by atoms with Gasteiger partial charge in [-0.15, -0.1) is 0 Å². The van der Waals surface area contributed by atoms with Crippen LogP contribution in [0.15, 0.2) is 12.4 Å². The lowest BCUT2D eigenvalue weighted by Gasteiger charge is -2.15. The Labute approximate surface area is 95.3 Å². The Morgan fingerprint density at radius 1 is 1.40 bits per heavy atom. The predicted octanol–water partition coefficient (Wildman–Crippen LogP) is 0.777. The lowest BCUT2D eigenvalue weighted by molar-refractivity contribution is 0.884. The second-order valence-corrected chi connectivity index (χ2v) is 4.33. The van der Waals surface area contributed by atoms with E-state index in [2.05, 4.69) is 21.1 Å². The van der Waals surface area contributed by atoms with Crippen molar-refractivity contribution in [2.24, 2.45) is 5.73 Å². The molecule has 0 radical (unpaired) electrons. The third-order valence-electron chi connectivity index (χ3n) is 2.10. The molecule has 1 rings (SSSR count). The van der Waals surface area contributed by atoms with Crippen molar-refractivity contribution >= 4 is 17.7 Å². The molecule has 0 amide bonds. The number of nitrogens with two attached hydrogens (primary N) is 1. The van der Waals surface area contributed by atoms with Crippen LogP contribution in [0.2, 0.25) is 0 Å². The summed E-state index contributed by atoms with van der Waals surface area (Å²) in [6.07, 6.45) is 6.64. The van der Waals surface area contributed by atoms with Crippen molar-refractivity contribution in [3.63, 3.8) is 0 Å². The summed E-state index contributed by atoms with van der Waals surface area (Å²) >= 11 is 1.82. The van der Waals surface area contributed by atoms with Crippen LogP contribution in [0.5, 0.6) is 0 Å². The van der Waals surface area contributed by atoms with E-state index in [1.807, 2.05) is 31.2 Å². The monoisotopic (exact) mass is 226 g/mol. The van der Waals surface area contributed by atoms with Crippen molar-refractivity contribution in [2.75, 3.05) is 37.0 Å². The smallest absolute Gasteiger partial charge is 0.225 e. The lowest BCUT2D eigenvalue weighted by Crippen LogP contribution is -2.22. The van der Waals surface area contributed by atoms with E-state index in [9.17, 15) is 0 Å². The number of nitrogens with zero attached hydrogens (tertiary/aromatic N) is 3. The van der Waals surface area contributed by atoms with Crippen LogP contribution in [-0.4, -0.2) is 42.1 Å². The van der Waals surface area contributed by atoms with Crippen molar-refractivity contribution in [3.8, 4) is 0 Å². The molecule has 0 aliphatic rings. The van der Waals surface area contributed by atoms with Gasteiger partial charge < -0.3 is 10.6 Å². The Kier molecular flexibility index (Phi) is 5.42. The van der Waals surface area contributed by atoms with Gasteiger partial charge in [-0.3, -0.25) is 0 Å². The zero-order valence-corrected chi connectivity index (χ0v) is 10.1. The van der Waals surface area contributed by atoms with E-state index in [0.717, 1.165) is 30.2 Å². The minimum absolute atomic E-state index is 0.644. The molecule has 0 saturated carbocycles. The molecule has 5 heteroatoms. The number of anilines is 1. The molecule has 0 fully saturated rings. The fourth-order valence-electron chi connectivity index (χ4n) is 1.17. The van der Waals surface area contributed by atoms with Crippen LogP contribution in [0.25, 0.3) is 0 Å². The van der Waals surface area contributed by atoms with E-state index in [1.165, 1.54) is 0 Å². The van der Waals surface area contributed by atoms with Crippen LogP contribution in [0.1, 0.15) is 5.56 Å². The van der Waals surface area contributed by atoms with Crippen molar-refractivity contribution in [3.05, 3.63) is 18.0 Å². The van der Waals surface area contributed by atoms with Crippen LogP contribution >= 0.6 is 11.8 Å². The molecule has 2 N–H and O–H groups in total. The number of hydrogen-bond acceptors (Lipinski definition) is 5. The molecule has 15 heavy (non-hydrogen) atoms. The third-order valence-corrected chi connectivity index (χ3v) is 2.69. The van der Waals surface area contributed by atoms with Crippen molar-refractivity contribution < 1.29 is 0 Å². The molecule has 0 aliphatic carbocycles. The van der Waals surface area contributed by atoms with Gasteiger partial charge in [0.05, 0.1) is 0 Å². The normalized spacial score (nSPS) is 10.3. The standard InChI is InChI=1S/C10H18N4S/c1-14(5-6-15-2)10-12-7-9(3-4-11)8-13-10/h7-8H,3-6,11H2,1-2H3. The third kappa shape index (κ3) is 4.05. The first-order valence-corrected chi connectivity index (χ1v) is 6.38. The molecule has 1 heterocycles. The minimum atomic E-state index is 0.644. The fourth-order valence-corrected chi connectivity index (χ4v) is 1.63. The summed E-state index contributed by atoms with van der Waals surface area (Å²) in [5, 5.41) is 0. The Morgan fingerprint density at radius 2 is 2.07 bits per heavy atom. The molecule has 0 unspecified atom stereocenters. The van der Waals surface area contributed by atoms with Crippen LogP contribution in [0.3, 0.4) is 0 Å². The summed E-state index contributed by atoms with van der Waals surface area (Å²) in [5.74, 6) is 1.87. The van der Waals surface area contributed by atoms with E-state index in [0.29, 0.717) is 6.54 Å². The van der Waals surface area contributed by atoms with Crippen LogP contribution in [0.4, 0.5) is 5.95 Å². The van der Waals surface area contributed by atoms with Gasteiger partial charge in [0, 0.05) is 31.7 Å². The number of rotatable bonds is 6. The summed E-state index contributed by atoms with van der Waals surface area (Å²) in [7, 11) is 2.01. The van der Waals surface area contributed by atoms with Gasteiger partial charge in [-0.1, -0.05) is 0 Å².